The number of benzene rings is 2. The largest absolute Gasteiger partial charge is 0.480 e. The number of carboxylic acid groups (broad SMARTS) is 1. The van der Waals surface area contributed by atoms with Crippen LogP contribution in [0.4, 0.5) is 8.78 Å². The third-order valence-corrected chi connectivity index (χ3v) is 4.19. The normalized spacial score (nSPS) is 11.8. The SMILES string of the molecule is O=C(Cc1c(F)cccc1F)N[C@@H](Cc1ccccc1Br)C(=O)O. The molecule has 2 aromatic rings. The van der Waals surface area contributed by atoms with E-state index in [0.29, 0.717) is 10.0 Å². The molecule has 126 valence electrons. The minimum absolute atomic E-state index is 0.0439. The number of rotatable bonds is 6. The maximum Gasteiger partial charge on any atom is 0.326 e. The van der Waals surface area contributed by atoms with Gasteiger partial charge in [-0.2, -0.15) is 0 Å². The van der Waals surface area contributed by atoms with Gasteiger partial charge in [-0.05, 0) is 23.8 Å². The summed E-state index contributed by atoms with van der Waals surface area (Å²) in [6, 6.07) is 9.08. The highest BCUT2D eigenvalue weighted by Gasteiger charge is 2.22. The number of aliphatic carboxylic acids is 1. The Kier molecular flexibility index (Phi) is 6.03. The van der Waals surface area contributed by atoms with E-state index in [1.165, 1.54) is 6.07 Å². The molecular weight excluding hydrogens is 384 g/mol. The molecule has 24 heavy (non-hydrogen) atoms. The molecule has 1 atom stereocenters. The Labute approximate surface area is 145 Å². The molecule has 0 aliphatic heterocycles. The van der Waals surface area contributed by atoms with Crippen LogP contribution >= 0.6 is 15.9 Å². The average Bonchev–Trinajstić information content (AvgIpc) is 2.52. The lowest BCUT2D eigenvalue weighted by atomic mass is 10.1. The van der Waals surface area contributed by atoms with Gasteiger partial charge in [0.15, 0.2) is 0 Å². The Bertz CT molecular complexity index is 747. The molecule has 0 aliphatic rings. The molecule has 0 fully saturated rings. The fraction of sp³-hybridized carbons (Fsp3) is 0.176. The van der Waals surface area contributed by atoms with Crippen molar-refractivity contribution in [2.24, 2.45) is 0 Å². The van der Waals surface area contributed by atoms with Gasteiger partial charge in [0.2, 0.25) is 5.91 Å². The standard InChI is InChI=1S/C17H14BrF2NO3/c18-12-5-2-1-4-10(12)8-15(17(23)24)21-16(22)9-11-13(19)6-3-7-14(11)20/h1-7,15H,8-9H2,(H,21,22)(H,23,24)/t15-/m0/s1. The molecule has 0 spiro atoms. The van der Waals surface area contributed by atoms with Crippen molar-refractivity contribution in [2.45, 2.75) is 18.9 Å². The first-order chi connectivity index (χ1) is 11.4. The molecule has 1 amide bonds. The lowest BCUT2D eigenvalue weighted by molar-refractivity contribution is -0.141. The summed E-state index contributed by atoms with van der Waals surface area (Å²) in [5.74, 6) is -3.68. The molecule has 4 nitrogen and oxygen atoms in total. The summed E-state index contributed by atoms with van der Waals surface area (Å²) in [5.41, 5.74) is 0.308. The van der Waals surface area contributed by atoms with Crippen molar-refractivity contribution < 1.29 is 23.5 Å². The van der Waals surface area contributed by atoms with Gasteiger partial charge in [-0.15, -0.1) is 0 Å². The number of hydrogen-bond acceptors (Lipinski definition) is 2. The zero-order valence-electron chi connectivity index (χ0n) is 12.4. The zero-order valence-corrected chi connectivity index (χ0v) is 14.0. The van der Waals surface area contributed by atoms with E-state index in [1.807, 2.05) is 0 Å². The monoisotopic (exact) mass is 397 g/mol. The lowest BCUT2D eigenvalue weighted by Gasteiger charge is -2.16. The summed E-state index contributed by atoms with van der Waals surface area (Å²) in [6.07, 6.45) is -0.527. The highest BCUT2D eigenvalue weighted by Crippen LogP contribution is 2.18. The van der Waals surface area contributed by atoms with Crippen LogP contribution < -0.4 is 5.32 Å². The molecule has 0 bridgehead atoms. The molecule has 7 heteroatoms. The highest BCUT2D eigenvalue weighted by atomic mass is 79.9. The van der Waals surface area contributed by atoms with E-state index in [2.05, 4.69) is 21.2 Å². The number of carboxylic acids is 1. The van der Waals surface area contributed by atoms with Crippen LogP contribution in [0.5, 0.6) is 0 Å². The number of amides is 1. The molecule has 0 aliphatic carbocycles. The van der Waals surface area contributed by atoms with Gasteiger partial charge in [0.05, 0.1) is 6.42 Å². The molecule has 0 aromatic heterocycles. The van der Waals surface area contributed by atoms with Crippen LogP contribution in [-0.4, -0.2) is 23.0 Å². The Balaban J connectivity index is 2.09. The van der Waals surface area contributed by atoms with Crippen molar-refractivity contribution in [3.63, 3.8) is 0 Å². The number of nitrogens with one attached hydrogen (secondary N) is 1. The second kappa shape index (κ2) is 8.01. The molecular formula is C17H14BrF2NO3. The predicted octanol–water partition coefficient (Wildman–Crippen LogP) is 3.08. The molecule has 2 aromatic carbocycles. The summed E-state index contributed by atoms with van der Waals surface area (Å²) in [6.45, 7) is 0. The first-order valence-electron chi connectivity index (χ1n) is 7.07. The third kappa shape index (κ3) is 4.61. The van der Waals surface area contributed by atoms with Crippen molar-refractivity contribution >= 4 is 27.8 Å². The van der Waals surface area contributed by atoms with Gasteiger partial charge in [0.1, 0.15) is 17.7 Å². The first kappa shape index (κ1) is 18.1. The van der Waals surface area contributed by atoms with E-state index in [4.69, 9.17) is 0 Å². The van der Waals surface area contributed by atoms with E-state index < -0.39 is 36.0 Å². The molecule has 0 saturated carbocycles. The van der Waals surface area contributed by atoms with Crippen molar-refractivity contribution in [3.8, 4) is 0 Å². The number of carbonyl (C=O) groups excluding carboxylic acids is 1. The summed E-state index contributed by atoms with van der Waals surface area (Å²) in [7, 11) is 0. The minimum Gasteiger partial charge on any atom is -0.480 e. The summed E-state index contributed by atoms with van der Waals surface area (Å²) < 4.78 is 27.8. The Hall–Kier alpha value is -2.28. The number of halogens is 3. The first-order valence-corrected chi connectivity index (χ1v) is 7.86. The maximum absolute atomic E-state index is 13.6. The van der Waals surface area contributed by atoms with Crippen LogP contribution in [0.2, 0.25) is 0 Å². The van der Waals surface area contributed by atoms with Crippen LogP contribution in [0.1, 0.15) is 11.1 Å². The van der Waals surface area contributed by atoms with Crippen LogP contribution in [0.15, 0.2) is 46.9 Å². The molecule has 0 radical (unpaired) electrons. The van der Waals surface area contributed by atoms with Crippen LogP contribution in [0.3, 0.4) is 0 Å². The second-order valence-corrected chi connectivity index (χ2v) is 5.99. The van der Waals surface area contributed by atoms with Crippen molar-refractivity contribution in [1.29, 1.82) is 0 Å². The Morgan fingerprint density at radius 3 is 2.29 bits per heavy atom. The average molecular weight is 398 g/mol. The molecule has 0 unspecified atom stereocenters. The Morgan fingerprint density at radius 2 is 1.71 bits per heavy atom. The van der Waals surface area contributed by atoms with Crippen molar-refractivity contribution in [1.82, 2.24) is 5.32 Å². The van der Waals surface area contributed by atoms with Gasteiger partial charge in [0, 0.05) is 16.5 Å². The molecule has 2 rings (SSSR count). The van der Waals surface area contributed by atoms with E-state index in [9.17, 15) is 23.5 Å². The highest BCUT2D eigenvalue weighted by molar-refractivity contribution is 9.10. The smallest absolute Gasteiger partial charge is 0.326 e. The van der Waals surface area contributed by atoms with Crippen LogP contribution in [0.25, 0.3) is 0 Å². The van der Waals surface area contributed by atoms with Gasteiger partial charge in [-0.25, -0.2) is 13.6 Å². The van der Waals surface area contributed by atoms with Gasteiger partial charge in [-0.3, -0.25) is 4.79 Å². The van der Waals surface area contributed by atoms with Gasteiger partial charge in [0.25, 0.3) is 0 Å². The fourth-order valence-corrected chi connectivity index (χ4v) is 2.64. The quantitative estimate of drug-likeness (QED) is 0.786. The molecule has 0 heterocycles. The third-order valence-electron chi connectivity index (χ3n) is 3.41. The summed E-state index contributed by atoms with van der Waals surface area (Å²) in [4.78, 5) is 23.3. The lowest BCUT2D eigenvalue weighted by Crippen LogP contribution is -2.43. The minimum atomic E-state index is -1.23. The fourth-order valence-electron chi connectivity index (χ4n) is 2.19. The van der Waals surface area contributed by atoms with E-state index in [0.717, 1.165) is 12.1 Å². The van der Waals surface area contributed by atoms with E-state index in [-0.39, 0.29) is 12.0 Å². The van der Waals surface area contributed by atoms with Gasteiger partial charge in [-0.1, -0.05) is 40.2 Å². The topological polar surface area (TPSA) is 66.4 Å². The van der Waals surface area contributed by atoms with Crippen LogP contribution in [0, 0.1) is 11.6 Å². The predicted molar refractivity (Wildman–Crippen MR) is 87.5 cm³/mol. The zero-order chi connectivity index (χ0) is 17.7. The Morgan fingerprint density at radius 1 is 1.08 bits per heavy atom. The van der Waals surface area contributed by atoms with E-state index in [1.54, 1.807) is 24.3 Å². The van der Waals surface area contributed by atoms with E-state index >= 15 is 0 Å². The number of carbonyl (C=O) groups is 2. The number of hydrogen-bond donors (Lipinski definition) is 2. The summed E-state index contributed by atoms with van der Waals surface area (Å²) in [5, 5.41) is 11.6. The van der Waals surface area contributed by atoms with Crippen LogP contribution in [-0.2, 0) is 22.4 Å². The summed E-state index contributed by atoms with van der Waals surface area (Å²) >= 11 is 3.31. The molecule has 0 saturated heterocycles. The van der Waals surface area contributed by atoms with Gasteiger partial charge >= 0.3 is 5.97 Å². The van der Waals surface area contributed by atoms with Gasteiger partial charge < -0.3 is 10.4 Å². The maximum atomic E-state index is 13.6. The second-order valence-electron chi connectivity index (χ2n) is 5.13. The molecule has 2 N–H and O–H groups in total. The van der Waals surface area contributed by atoms with Crippen molar-refractivity contribution in [3.05, 3.63) is 69.7 Å². The van der Waals surface area contributed by atoms with Crippen molar-refractivity contribution in [2.75, 3.05) is 0 Å².